The Hall–Kier alpha value is -1.79. The summed E-state index contributed by atoms with van der Waals surface area (Å²) >= 11 is 12.0. The molecule has 0 saturated carbocycles. The molecule has 8 heteroatoms. The average molecular weight is 385 g/mol. The van der Waals surface area contributed by atoms with Crippen LogP contribution in [-0.2, 0) is 9.59 Å². The quantitative estimate of drug-likeness (QED) is 0.868. The summed E-state index contributed by atoms with van der Waals surface area (Å²) in [5.74, 6) is -1.82. The van der Waals surface area contributed by atoms with E-state index in [2.05, 4.69) is 0 Å². The second-order valence-electron chi connectivity index (χ2n) is 6.43. The highest BCUT2D eigenvalue weighted by atomic mass is 35.5. The average Bonchev–Trinajstić information content (AvgIpc) is 2.97. The van der Waals surface area contributed by atoms with Gasteiger partial charge >= 0.3 is 5.97 Å². The standard InChI is InChI=1S/C17H18Cl2N2O4/c18-11-1-2-13(14(19)8-11)16(23)20-5-3-12(4-6-20)21-9-10(17(24)25)7-15(21)22/h1-2,8,10,12H,3-7,9H2,(H,24,25). The Balaban J connectivity index is 1.61. The third kappa shape index (κ3) is 3.75. The van der Waals surface area contributed by atoms with Gasteiger partial charge in [-0.05, 0) is 31.0 Å². The van der Waals surface area contributed by atoms with Crippen LogP contribution < -0.4 is 0 Å². The fourth-order valence-corrected chi connectivity index (χ4v) is 3.95. The predicted molar refractivity (Wildman–Crippen MR) is 92.8 cm³/mol. The number of benzene rings is 1. The van der Waals surface area contributed by atoms with E-state index in [1.807, 2.05) is 0 Å². The maximum absolute atomic E-state index is 12.6. The number of carboxylic acids is 1. The maximum Gasteiger partial charge on any atom is 0.308 e. The van der Waals surface area contributed by atoms with Gasteiger partial charge in [0.1, 0.15) is 0 Å². The van der Waals surface area contributed by atoms with Crippen molar-refractivity contribution >= 4 is 41.0 Å². The zero-order valence-corrected chi connectivity index (χ0v) is 15.0. The smallest absolute Gasteiger partial charge is 0.308 e. The molecule has 1 unspecified atom stereocenters. The number of rotatable bonds is 3. The minimum Gasteiger partial charge on any atom is -0.481 e. The number of piperidine rings is 1. The van der Waals surface area contributed by atoms with Gasteiger partial charge in [0.05, 0.1) is 16.5 Å². The highest BCUT2D eigenvalue weighted by Crippen LogP contribution is 2.28. The Morgan fingerprint density at radius 1 is 1.16 bits per heavy atom. The summed E-state index contributed by atoms with van der Waals surface area (Å²) in [6.07, 6.45) is 1.33. The zero-order chi connectivity index (χ0) is 18.1. The summed E-state index contributed by atoms with van der Waals surface area (Å²) in [5.41, 5.74) is 0.410. The van der Waals surface area contributed by atoms with Crippen molar-refractivity contribution in [1.29, 1.82) is 0 Å². The molecule has 2 saturated heterocycles. The fraction of sp³-hybridized carbons (Fsp3) is 0.471. The van der Waals surface area contributed by atoms with Gasteiger partial charge in [-0.3, -0.25) is 14.4 Å². The molecular weight excluding hydrogens is 367 g/mol. The van der Waals surface area contributed by atoms with Crippen molar-refractivity contribution in [1.82, 2.24) is 9.80 Å². The summed E-state index contributed by atoms with van der Waals surface area (Å²) in [6, 6.07) is 4.77. The molecule has 2 amide bonds. The Morgan fingerprint density at radius 2 is 1.84 bits per heavy atom. The van der Waals surface area contributed by atoms with Crippen LogP contribution in [0.5, 0.6) is 0 Å². The second kappa shape index (κ2) is 7.22. The topological polar surface area (TPSA) is 77.9 Å². The van der Waals surface area contributed by atoms with Crippen LogP contribution >= 0.6 is 23.2 Å². The Kier molecular flexibility index (Phi) is 5.20. The molecule has 0 aliphatic carbocycles. The van der Waals surface area contributed by atoms with Gasteiger partial charge < -0.3 is 14.9 Å². The Morgan fingerprint density at radius 3 is 2.40 bits per heavy atom. The molecule has 1 N–H and O–H groups in total. The van der Waals surface area contributed by atoms with Gasteiger partial charge in [-0.2, -0.15) is 0 Å². The van der Waals surface area contributed by atoms with Gasteiger partial charge in [-0.15, -0.1) is 0 Å². The number of aliphatic carboxylic acids is 1. The first-order valence-corrected chi connectivity index (χ1v) is 8.89. The van der Waals surface area contributed by atoms with E-state index in [-0.39, 0.29) is 30.8 Å². The van der Waals surface area contributed by atoms with Gasteiger partial charge in [0.25, 0.3) is 5.91 Å². The molecule has 0 spiro atoms. The lowest BCUT2D eigenvalue weighted by atomic mass is 10.0. The minimum absolute atomic E-state index is 0.0124. The molecule has 2 heterocycles. The van der Waals surface area contributed by atoms with E-state index in [4.69, 9.17) is 28.3 Å². The van der Waals surface area contributed by atoms with E-state index >= 15 is 0 Å². The fourth-order valence-electron chi connectivity index (χ4n) is 3.46. The third-order valence-corrected chi connectivity index (χ3v) is 5.41. The summed E-state index contributed by atoms with van der Waals surface area (Å²) in [5, 5.41) is 9.87. The van der Waals surface area contributed by atoms with Crippen LogP contribution in [0.1, 0.15) is 29.6 Å². The number of hydrogen-bond donors (Lipinski definition) is 1. The number of carboxylic acid groups (broad SMARTS) is 1. The number of carbonyl (C=O) groups is 3. The minimum atomic E-state index is -0.930. The molecule has 0 radical (unpaired) electrons. The normalized spacial score (nSPS) is 21.7. The van der Waals surface area contributed by atoms with Crippen molar-refractivity contribution in [2.24, 2.45) is 5.92 Å². The number of amides is 2. The van der Waals surface area contributed by atoms with E-state index in [0.717, 1.165) is 0 Å². The molecule has 2 aliphatic rings. The van der Waals surface area contributed by atoms with E-state index in [1.165, 1.54) is 6.07 Å². The van der Waals surface area contributed by atoms with Crippen LogP contribution in [0.15, 0.2) is 18.2 Å². The predicted octanol–water partition coefficient (Wildman–Crippen LogP) is 2.53. The number of hydrogen-bond acceptors (Lipinski definition) is 3. The molecule has 25 heavy (non-hydrogen) atoms. The van der Waals surface area contributed by atoms with E-state index in [9.17, 15) is 14.4 Å². The van der Waals surface area contributed by atoms with E-state index in [1.54, 1.807) is 21.9 Å². The first kappa shape index (κ1) is 18.0. The molecule has 6 nitrogen and oxygen atoms in total. The van der Waals surface area contributed by atoms with Gasteiger partial charge in [0.15, 0.2) is 0 Å². The molecule has 1 aromatic rings. The van der Waals surface area contributed by atoms with Gasteiger partial charge in [0, 0.05) is 37.1 Å². The lowest BCUT2D eigenvalue weighted by Gasteiger charge is -2.37. The Labute approximate surface area is 155 Å². The summed E-state index contributed by atoms with van der Waals surface area (Å²) in [6.45, 7) is 1.27. The molecule has 134 valence electrons. The number of halogens is 2. The monoisotopic (exact) mass is 384 g/mol. The zero-order valence-electron chi connectivity index (χ0n) is 13.5. The number of likely N-dealkylation sites (tertiary alicyclic amines) is 2. The van der Waals surface area contributed by atoms with E-state index < -0.39 is 11.9 Å². The molecular formula is C17H18Cl2N2O4. The van der Waals surface area contributed by atoms with Crippen molar-refractivity contribution in [3.63, 3.8) is 0 Å². The number of nitrogens with zero attached hydrogens (tertiary/aromatic N) is 2. The van der Waals surface area contributed by atoms with Gasteiger partial charge in [-0.25, -0.2) is 0 Å². The summed E-state index contributed by atoms with van der Waals surface area (Å²) in [4.78, 5) is 39.1. The Bertz CT molecular complexity index is 717. The van der Waals surface area contributed by atoms with Crippen molar-refractivity contribution in [3.8, 4) is 0 Å². The molecule has 2 aliphatic heterocycles. The van der Waals surface area contributed by atoms with Crippen LogP contribution in [0.3, 0.4) is 0 Å². The van der Waals surface area contributed by atoms with Crippen LogP contribution in [0, 0.1) is 5.92 Å². The summed E-state index contributed by atoms with van der Waals surface area (Å²) in [7, 11) is 0. The summed E-state index contributed by atoms with van der Waals surface area (Å²) < 4.78 is 0. The van der Waals surface area contributed by atoms with Crippen molar-refractivity contribution in [2.45, 2.75) is 25.3 Å². The lowest BCUT2D eigenvalue weighted by Crippen LogP contribution is -2.47. The van der Waals surface area contributed by atoms with Crippen LogP contribution in [0.2, 0.25) is 10.0 Å². The molecule has 0 bridgehead atoms. The first-order valence-electron chi connectivity index (χ1n) is 8.13. The van der Waals surface area contributed by atoms with Crippen molar-refractivity contribution in [2.75, 3.05) is 19.6 Å². The number of carbonyl (C=O) groups excluding carboxylic acids is 2. The van der Waals surface area contributed by atoms with Crippen LogP contribution in [-0.4, -0.2) is 58.4 Å². The highest BCUT2D eigenvalue weighted by Gasteiger charge is 2.39. The first-order chi connectivity index (χ1) is 11.9. The maximum atomic E-state index is 12.6. The second-order valence-corrected chi connectivity index (χ2v) is 7.28. The van der Waals surface area contributed by atoms with E-state index in [0.29, 0.717) is 41.5 Å². The molecule has 0 aromatic heterocycles. The van der Waals surface area contributed by atoms with Crippen molar-refractivity contribution < 1.29 is 19.5 Å². The largest absolute Gasteiger partial charge is 0.481 e. The van der Waals surface area contributed by atoms with Crippen LogP contribution in [0.4, 0.5) is 0 Å². The van der Waals surface area contributed by atoms with Crippen LogP contribution in [0.25, 0.3) is 0 Å². The highest BCUT2D eigenvalue weighted by molar-refractivity contribution is 6.36. The van der Waals surface area contributed by atoms with Crippen molar-refractivity contribution in [3.05, 3.63) is 33.8 Å². The lowest BCUT2D eigenvalue weighted by molar-refractivity contribution is -0.141. The third-order valence-electron chi connectivity index (χ3n) is 4.86. The van der Waals surface area contributed by atoms with Gasteiger partial charge in [-0.1, -0.05) is 23.2 Å². The molecule has 2 fully saturated rings. The molecule has 3 rings (SSSR count). The molecule has 1 atom stereocenters. The van der Waals surface area contributed by atoms with Gasteiger partial charge in [0.2, 0.25) is 5.91 Å². The molecule has 1 aromatic carbocycles. The SMILES string of the molecule is O=C(O)C1CC(=O)N(C2CCN(C(=O)c3ccc(Cl)cc3Cl)CC2)C1.